The molecule has 14 rings (SSSR count). The van der Waals surface area contributed by atoms with E-state index < -0.39 is 0 Å². The third-order valence-corrected chi connectivity index (χ3v) is 14.8. The zero-order valence-electron chi connectivity index (χ0n) is 38.4. The van der Waals surface area contributed by atoms with E-state index in [0.717, 1.165) is 0 Å². The van der Waals surface area contributed by atoms with Gasteiger partial charge in [0.25, 0.3) is 0 Å². The SMILES string of the molecule is c1ccc2cc(-c3ccc(-c4c5ccccc5c(-c5ccc6cc(-c7c8ccccc8c(-c8ccc(-c9ccc%10ccccc%10c9)cc8)c8ccccc78)ccc6c5)c5ccccc45)cc3)ccc2c1. The van der Waals surface area contributed by atoms with Gasteiger partial charge in [-0.25, -0.2) is 0 Å². The molecule has 14 aromatic rings. The average molecular weight is 885 g/mol. The molecule has 0 saturated heterocycles. The Morgan fingerprint density at radius 1 is 0.129 bits per heavy atom. The summed E-state index contributed by atoms with van der Waals surface area (Å²) < 4.78 is 0. The lowest BCUT2D eigenvalue weighted by Gasteiger charge is -2.19. The van der Waals surface area contributed by atoms with E-state index in [-0.39, 0.29) is 0 Å². The first-order chi connectivity index (χ1) is 34.7. The summed E-state index contributed by atoms with van der Waals surface area (Å²) in [5.41, 5.74) is 14.9. The van der Waals surface area contributed by atoms with E-state index in [4.69, 9.17) is 0 Å². The Hall–Kier alpha value is -9.10. The number of fused-ring (bicyclic) bond motifs is 7. The zero-order chi connectivity index (χ0) is 46.1. The molecule has 0 atom stereocenters. The Labute approximate surface area is 407 Å². The topological polar surface area (TPSA) is 0 Å². The Balaban J connectivity index is 0.856. The molecule has 0 heterocycles. The largest absolute Gasteiger partial charge is 0.0616 e. The van der Waals surface area contributed by atoms with Crippen LogP contribution in [-0.4, -0.2) is 0 Å². The van der Waals surface area contributed by atoms with Gasteiger partial charge in [-0.15, -0.1) is 0 Å². The highest BCUT2D eigenvalue weighted by Gasteiger charge is 2.20. The summed E-state index contributed by atoms with van der Waals surface area (Å²) in [6, 6.07) is 98.9. The highest BCUT2D eigenvalue weighted by molar-refractivity contribution is 6.23. The van der Waals surface area contributed by atoms with Crippen LogP contribution in [0, 0.1) is 0 Å². The number of benzene rings is 14. The lowest BCUT2D eigenvalue weighted by molar-refractivity contribution is 1.63. The predicted octanol–water partition coefficient (Wildman–Crippen LogP) is 19.8. The van der Waals surface area contributed by atoms with E-state index in [0.29, 0.717) is 0 Å². The molecule has 0 heteroatoms. The monoisotopic (exact) mass is 884 g/mol. The molecule has 0 fully saturated rings. The van der Waals surface area contributed by atoms with Gasteiger partial charge in [0.15, 0.2) is 0 Å². The van der Waals surface area contributed by atoms with Crippen molar-refractivity contribution >= 4 is 75.4 Å². The van der Waals surface area contributed by atoms with Crippen LogP contribution in [0.4, 0.5) is 0 Å². The van der Waals surface area contributed by atoms with Gasteiger partial charge < -0.3 is 0 Å². The Bertz CT molecular complexity index is 3980. The van der Waals surface area contributed by atoms with Crippen molar-refractivity contribution in [3.05, 3.63) is 267 Å². The van der Waals surface area contributed by atoms with Crippen LogP contribution in [0.25, 0.3) is 142 Å². The van der Waals surface area contributed by atoms with Gasteiger partial charge in [-0.2, -0.15) is 0 Å². The predicted molar refractivity (Wildman–Crippen MR) is 302 cm³/mol. The molecule has 0 radical (unpaired) electrons. The Morgan fingerprint density at radius 3 is 0.657 bits per heavy atom. The standard InChI is InChI=1S/C70H44/c1-3-15-51-41-53(35-29-45(51)13-1)47-25-31-49(32-26-47)67-59-17-5-9-21-63(59)69(64-22-10-6-18-60(64)67)57-39-37-56-44-58(40-38-55(56)43-57)70-65-23-11-7-19-61(65)68(62-20-8-12-24-66(62)70)50-33-27-48(28-34-50)54-36-30-46-14-2-4-16-52(46)42-54/h1-44H. The summed E-state index contributed by atoms with van der Waals surface area (Å²) in [7, 11) is 0. The van der Waals surface area contributed by atoms with Gasteiger partial charge in [-0.1, -0.05) is 243 Å². The minimum absolute atomic E-state index is 1.22. The number of hydrogen-bond donors (Lipinski definition) is 0. The van der Waals surface area contributed by atoms with Crippen LogP contribution < -0.4 is 0 Å². The van der Waals surface area contributed by atoms with Crippen molar-refractivity contribution in [3.8, 4) is 66.8 Å². The van der Waals surface area contributed by atoms with Gasteiger partial charge >= 0.3 is 0 Å². The molecule has 0 aliphatic rings. The zero-order valence-corrected chi connectivity index (χ0v) is 38.4. The summed E-state index contributed by atoms with van der Waals surface area (Å²) in [6.45, 7) is 0. The third kappa shape index (κ3) is 6.61. The van der Waals surface area contributed by atoms with E-state index in [1.165, 1.54) is 142 Å². The van der Waals surface area contributed by atoms with Crippen LogP contribution >= 0.6 is 0 Å². The van der Waals surface area contributed by atoms with Gasteiger partial charge in [0.2, 0.25) is 0 Å². The van der Waals surface area contributed by atoms with E-state index >= 15 is 0 Å². The highest BCUT2D eigenvalue weighted by Crippen LogP contribution is 2.47. The molecule has 0 amide bonds. The summed E-state index contributed by atoms with van der Waals surface area (Å²) in [4.78, 5) is 0. The van der Waals surface area contributed by atoms with Gasteiger partial charge in [0.1, 0.15) is 0 Å². The lowest BCUT2D eigenvalue weighted by atomic mass is 9.84. The van der Waals surface area contributed by atoms with Crippen molar-refractivity contribution < 1.29 is 0 Å². The molecule has 0 aliphatic carbocycles. The molecule has 0 unspecified atom stereocenters. The molecular formula is C70H44. The van der Waals surface area contributed by atoms with E-state index in [9.17, 15) is 0 Å². The minimum Gasteiger partial charge on any atom is -0.0616 e. The number of hydrogen-bond acceptors (Lipinski definition) is 0. The van der Waals surface area contributed by atoms with Crippen LogP contribution in [-0.2, 0) is 0 Å². The van der Waals surface area contributed by atoms with Gasteiger partial charge in [0, 0.05) is 0 Å². The maximum absolute atomic E-state index is 2.40. The smallest absolute Gasteiger partial charge is 0.00262 e. The maximum atomic E-state index is 2.40. The molecule has 14 aromatic carbocycles. The molecular weight excluding hydrogens is 841 g/mol. The quantitative estimate of drug-likeness (QED) is 0.146. The van der Waals surface area contributed by atoms with Crippen LogP contribution in [0.15, 0.2) is 267 Å². The van der Waals surface area contributed by atoms with Gasteiger partial charge in [-0.05, 0) is 166 Å². The Morgan fingerprint density at radius 2 is 0.329 bits per heavy atom. The molecule has 0 spiro atoms. The molecule has 70 heavy (non-hydrogen) atoms. The fourth-order valence-corrected chi connectivity index (χ4v) is 11.5. The molecule has 324 valence electrons. The summed E-state index contributed by atoms with van der Waals surface area (Å²) >= 11 is 0. The maximum Gasteiger partial charge on any atom is -0.00262 e. The van der Waals surface area contributed by atoms with Gasteiger partial charge in [-0.3, -0.25) is 0 Å². The van der Waals surface area contributed by atoms with Crippen LogP contribution in [0.5, 0.6) is 0 Å². The normalized spacial score (nSPS) is 11.7. The first-order valence-electron chi connectivity index (χ1n) is 24.3. The highest BCUT2D eigenvalue weighted by atomic mass is 14.2. The molecule has 0 aromatic heterocycles. The first kappa shape index (κ1) is 40.0. The Kier molecular flexibility index (Phi) is 9.32. The summed E-state index contributed by atoms with van der Waals surface area (Å²) in [5, 5.41) is 17.5. The average Bonchev–Trinajstić information content (AvgIpc) is 3.43. The van der Waals surface area contributed by atoms with Crippen molar-refractivity contribution in [3.63, 3.8) is 0 Å². The number of rotatable bonds is 6. The third-order valence-electron chi connectivity index (χ3n) is 14.8. The molecule has 0 aliphatic heterocycles. The van der Waals surface area contributed by atoms with Crippen molar-refractivity contribution in [1.82, 2.24) is 0 Å². The van der Waals surface area contributed by atoms with Crippen LogP contribution in [0.1, 0.15) is 0 Å². The van der Waals surface area contributed by atoms with Crippen molar-refractivity contribution in [2.24, 2.45) is 0 Å². The second kappa shape index (κ2) is 16.3. The molecule has 0 saturated carbocycles. The van der Waals surface area contributed by atoms with E-state index in [2.05, 4.69) is 267 Å². The molecule has 0 bridgehead atoms. The van der Waals surface area contributed by atoms with Crippen LogP contribution in [0.3, 0.4) is 0 Å². The van der Waals surface area contributed by atoms with Crippen LogP contribution in [0.2, 0.25) is 0 Å². The van der Waals surface area contributed by atoms with Crippen molar-refractivity contribution in [2.75, 3.05) is 0 Å². The fraction of sp³-hybridized carbons (Fsp3) is 0. The van der Waals surface area contributed by atoms with Crippen molar-refractivity contribution in [2.45, 2.75) is 0 Å². The molecule has 0 N–H and O–H groups in total. The second-order valence-corrected chi connectivity index (χ2v) is 18.7. The lowest BCUT2D eigenvalue weighted by Crippen LogP contribution is -1.92. The summed E-state index contributed by atoms with van der Waals surface area (Å²) in [6.07, 6.45) is 0. The minimum atomic E-state index is 1.22. The summed E-state index contributed by atoms with van der Waals surface area (Å²) in [5.74, 6) is 0. The fourth-order valence-electron chi connectivity index (χ4n) is 11.5. The first-order valence-corrected chi connectivity index (χ1v) is 24.3. The van der Waals surface area contributed by atoms with Gasteiger partial charge in [0.05, 0.1) is 0 Å². The van der Waals surface area contributed by atoms with Crippen molar-refractivity contribution in [1.29, 1.82) is 0 Å². The molecule has 0 nitrogen and oxygen atoms in total. The van der Waals surface area contributed by atoms with E-state index in [1.807, 2.05) is 0 Å². The van der Waals surface area contributed by atoms with E-state index in [1.54, 1.807) is 0 Å². The second-order valence-electron chi connectivity index (χ2n) is 18.7.